The van der Waals surface area contributed by atoms with Crippen LogP contribution in [0, 0.1) is 0 Å². The lowest BCUT2D eigenvalue weighted by molar-refractivity contribution is -0.114. The summed E-state index contributed by atoms with van der Waals surface area (Å²) >= 11 is 0. The Labute approximate surface area is 66.5 Å². The first kappa shape index (κ1) is 13.2. The van der Waals surface area contributed by atoms with Crippen LogP contribution < -0.4 is 0 Å². The molecule has 0 saturated carbocycles. The minimum atomic E-state index is -0.796. The third-order valence-corrected chi connectivity index (χ3v) is 0.744. The molecule has 0 radical (unpaired) electrons. The second kappa shape index (κ2) is 9.55. The molecule has 0 fully saturated rings. The van der Waals surface area contributed by atoms with Gasteiger partial charge in [-0.1, -0.05) is 0 Å². The standard InChI is InChI=1S/C4H10O2.C3H6O2/c1-4(6)2-3-5;1-3(5)2-4/h4-6H,2-3H2,1H3;2-3,5H,1H3. The van der Waals surface area contributed by atoms with Crippen molar-refractivity contribution in [2.24, 2.45) is 0 Å². The third kappa shape index (κ3) is 26.3. The summed E-state index contributed by atoms with van der Waals surface area (Å²) in [6.45, 7) is 3.14. The van der Waals surface area contributed by atoms with Crippen LogP contribution in [-0.4, -0.2) is 40.4 Å². The van der Waals surface area contributed by atoms with Gasteiger partial charge in [-0.05, 0) is 20.3 Å². The predicted molar refractivity (Wildman–Crippen MR) is 41.1 cm³/mol. The van der Waals surface area contributed by atoms with Gasteiger partial charge in [-0.2, -0.15) is 0 Å². The Morgan fingerprint density at radius 2 is 1.73 bits per heavy atom. The zero-order valence-electron chi connectivity index (χ0n) is 6.90. The number of hydrogen-bond acceptors (Lipinski definition) is 4. The number of hydrogen-bond donors (Lipinski definition) is 3. The van der Waals surface area contributed by atoms with E-state index in [1.54, 1.807) is 6.92 Å². The lowest BCUT2D eigenvalue weighted by atomic mass is 10.3. The number of aliphatic hydroxyl groups excluding tert-OH is 3. The van der Waals surface area contributed by atoms with Crippen molar-refractivity contribution in [2.75, 3.05) is 6.61 Å². The van der Waals surface area contributed by atoms with E-state index in [1.165, 1.54) is 6.92 Å². The van der Waals surface area contributed by atoms with Crippen LogP contribution in [0.25, 0.3) is 0 Å². The van der Waals surface area contributed by atoms with Crippen molar-refractivity contribution in [3.63, 3.8) is 0 Å². The fourth-order valence-electron chi connectivity index (χ4n) is 0.187. The fraction of sp³-hybridized carbons (Fsp3) is 0.857. The molecule has 0 heterocycles. The molecule has 0 aliphatic rings. The van der Waals surface area contributed by atoms with Gasteiger partial charge in [-0.15, -0.1) is 0 Å². The van der Waals surface area contributed by atoms with Gasteiger partial charge < -0.3 is 20.1 Å². The maximum atomic E-state index is 9.25. The summed E-state index contributed by atoms with van der Waals surface area (Å²) in [6, 6.07) is 0. The van der Waals surface area contributed by atoms with E-state index in [0.29, 0.717) is 12.7 Å². The number of carbonyl (C=O) groups is 1. The van der Waals surface area contributed by atoms with Crippen molar-refractivity contribution in [2.45, 2.75) is 32.5 Å². The van der Waals surface area contributed by atoms with E-state index in [0.717, 1.165) is 0 Å². The largest absolute Gasteiger partial charge is 0.396 e. The molecule has 11 heavy (non-hydrogen) atoms. The molecular weight excluding hydrogens is 148 g/mol. The van der Waals surface area contributed by atoms with Crippen molar-refractivity contribution in [3.8, 4) is 0 Å². The molecule has 0 amide bonds. The van der Waals surface area contributed by atoms with Gasteiger partial charge >= 0.3 is 0 Å². The number of aldehydes is 1. The van der Waals surface area contributed by atoms with Crippen LogP contribution in [0.5, 0.6) is 0 Å². The molecule has 0 rings (SSSR count). The van der Waals surface area contributed by atoms with Crippen molar-refractivity contribution in [1.29, 1.82) is 0 Å². The molecule has 68 valence electrons. The Hall–Kier alpha value is -0.450. The molecule has 0 aliphatic heterocycles. The normalized spacial score (nSPS) is 14.3. The summed E-state index contributed by atoms with van der Waals surface area (Å²) in [4.78, 5) is 9.25. The number of carbonyl (C=O) groups excluding carboxylic acids is 1. The van der Waals surface area contributed by atoms with Gasteiger partial charge in [0.25, 0.3) is 0 Å². The van der Waals surface area contributed by atoms with Crippen LogP contribution in [0.3, 0.4) is 0 Å². The molecule has 0 spiro atoms. The molecule has 4 nitrogen and oxygen atoms in total. The van der Waals surface area contributed by atoms with E-state index in [9.17, 15) is 4.79 Å². The summed E-state index contributed by atoms with van der Waals surface area (Å²) in [5, 5.41) is 24.5. The Morgan fingerprint density at radius 3 is 1.73 bits per heavy atom. The molecule has 0 aromatic rings. The molecule has 3 N–H and O–H groups in total. The van der Waals surface area contributed by atoms with E-state index in [-0.39, 0.29) is 12.7 Å². The zero-order chi connectivity index (χ0) is 9.28. The van der Waals surface area contributed by atoms with Crippen molar-refractivity contribution >= 4 is 6.29 Å². The van der Waals surface area contributed by atoms with Gasteiger partial charge in [0.2, 0.25) is 0 Å². The van der Waals surface area contributed by atoms with Crippen LogP contribution in [0.1, 0.15) is 20.3 Å². The quantitative estimate of drug-likeness (QED) is 0.483. The summed E-state index contributed by atoms with van der Waals surface area (Å²) in [5.41, 5.74) is 0. The first-order chi connectivity index (χ1) is 5.04. The van der Waals surface area contributed by atoms with Crippen LogP contribution in [0.2, 0.25) is 0 Å². The molecule has 0 saturated heterocycles. The minimum Gasteiger partial charge on any atom is -0.396 e. The van der Waals surface area contributed by atoms with E-state index >= 15 is 0 Å². The summed E-state index contributed by atoms with van der Waals surface area (Å²) in [5.74, 6) is 0. The van der Waals surface area contributed by atoms with Crippen LogP contribution in [-0.2, 0) is 4.79 Å². The number of aliphatic hydroxyl groups is 3. The van der Waals surface area contributed by atoms with Crippen LogP contribution >= 0.6 is 0 Å². The molecule has 2 atom stereocenters. The average molecular weight is 164 g/mol. The van der Waals surface area contributed by atoms with Crippen molar-refractivity contribution in [3.05, 3.63) is 0 Å². The second-order valence-corrected chi connectivity index (χ2v) is 2.24. The highest BCUT2D eigenvalue weighted by atomic mass is 16.3. The highest BCUT2D eigenvalue weighted by Crippen LogP contribution is 1.83. The van der Waals surface area contributed by atoms with E-state index in [2.05, 4.69) is 0 Å². The molecule has 0 bridgehead atoms. The Balaban J connectivity index is 0. The lowest BCUT2D eigenvalue weighted by Crippen LogP contribution is -2.00. The summed E-state index contributed by atoms with van der Waals surface area (Å²) in [7, 11) is 0. The molecular formula is C7H16O4. The SMILES string of the molecule is CC(O)C=O.CC(O)CCO. The first-order valence-electron chi connectivity index (χ1n) is 3.46. The van der Waals surface area contributed by atoms with E-state index < -0.39 is 6.10 Å². The molecule has 0 aliphatic carbocycles. The molecule has 0 aromatic carbocycles. The van der Waals surface area contributed by atoms with Gasteiger partial charge in [-0.3, -0.25) is 0 Å². The average Bonchev–Trinajstić information content (AvgIpc) is 1.89. The Kier molecular flexibility index (Phi) is 11.4. The van der Waals surface area contributed by atoms with Crippen molar-refractivity contribution < 1.29 is 20.1 Å². The summed E-state index contributed by atoms with van der Waals surface area (Å²) in [6.07, 6.45) is -0.190. The number of rotatable bonds is 3. The molecule has 0 aromatic heterocycles. The monoisotopic (exact) mass is 164 g/mol. The molecule has 2 unspecified atom stereocenters. The predicted octanol–water partition coefficient (Wildman–Crippen LogP) is -0.684. The first-order valence-corrected chi connectivity index (χ1v) is 3.46. The van der Waals surface area contributed by atoms with Gasteiger partial charge in [-0.25, -0.2) is 0 Å². The minimum absolute atomic E-state index is 0.0810. The van der Waals surface area contributed by atoms with Crippen molar-refractivity contribution in [1.82, 2.24) is 0 Å². The van der Waals surface area contributed by atoms with Crippen LogP contribution in [0.4, 0.5) is 0 Å². The lowest BCUT2D eigenvalue weighted by Gasteiger charge is -1.95. The zero-order valence-corrected chi connectivity index (χ0v) is 6.90. The van der Waals surface area contributed by atoms with Gasteiger partial charge in [0.15, 0.2) is 0 Å². The Bertz CT molecular complexity index is 80.5. The maximum absolute atomic E-state index is 9.25. The third-order valence-electron chi connectivity index (χ3n) is 0.744. The maximum Gasteiger partial charge on any atom is 0.148 e. The highest BCUT2D eigenvalue weighted by molar-refractivity contribution is 5.54. The Morgan fingerprint density at radius 1 is 1.36 bits per heavy atom. The topological polar surface area (TPSA) is 77.8 Å². The highest BCUT2D eigenvalue weighted by Gasteiger charge is 1.88. The van der Waals surface area contributed by atoms with Gasteiger partial charge in [0.05, 0.1) is 6.10 Å². The van der Waals surface area contributed by atoms with Gasteiger partial charge in [0, 0.05) is 6.61 Å². The summed E-state index contributed by atoms with van der Waals surface area (Å²) < 4.78 is 0. The second-order valence-electron chi connectivity index (χ2n) is 2.24. The van der Waals surface area contributed by atoms with E-state index in [4.69, 9.17) is 15.3 Å². The van der Waals surface area contributed by atoms with Crippen LogP contribution in [0.15, 0.2) is 0 Å². The smallest absolute Gasteiger partial charge is 0.148 e. The molecule has 4 heteroatoms. The van der Waals surface area contributed by atoms with Gasteiger partial charge in [0.1, 0.15) is 12.4 Å². The fourth-order valence-corrected chi connectivity index (χ4v) is 0.187. The van der Waals surface area contributed by atoms with E-state index in [1.807, 2.05) is 0 Å².